The number of pyridine rings is 1. The molecule has 3 aromatic rings. The molecule has 0 saturated carbocycles. The van der Waals surface area contributed by atoms with E-state index >= 15 is 0 Å². The van der Waals surface area contributed by atoms with E-state index in [0.717, 1.165) is 35.4 Å². The summed E-state index contributed by atoms with van der Waals surface area (Å²) in [5.41, 5.74) is 1.02. The van der Waals surface area contributed by atoms with Crippen LogP contribution in [0.1, 0.15) is 6.42 Å². The van der Waals surface area contributed by atoms with Crippen LogP contribution in [0.15, 0.2) is 66.7 Å². The largest absolute Gasteiger partial charge is 0.494 e. The van der Waals surface area contributed by atoms with Gasteiger partial charge in [-0.15, -0.1) is 0 Å². The Kier molecular flexibility index (Phi) is 4.32. The van der Waals surface area contributed by atoms with Gasteiger partial charge >= 0.3 is 0 Å². The number of para-hydroxylation sites is 2. The van der Waals surface area contributed by atoms with E-state index in [-0.39, 0.29) is 0 Å². The predicted octanol–water partition coefficient (Wildman–Crippen LogP) is 4.12. The zero-order valence-corrected chi connectivity index (χ0v) is 11.8. The molecule has 106 valence electrons. The molecule has 3 heteroatoms. The van der Waals surface area contributed by atoms with Crippen LogP contribution >= 0.6 is 0 Å². The third kappa shape index (κ3) is 3.72. The fourth-order valence-electron chi connectivity index (χ4n) is 2.16. The standard InChI is InChI=1S/C18H18N2O/c1-2-8-16(9-3-1)21-14-6-13-19-18-12-11-15-7-4-5-10-17(15)20-18/h1-5,7-12H,6,13-14H2,(H,19,20). The van der Waals surface area contributed by atoms with Crippen molar-refractivity contribution in [1.82, 2.24) is 4.98 Å². The summed E-state index contributed by atoms with van der Waals surface area (Å²) in [5, 5.41) is 4.49. The summed E-state index contributed by atoms with van der Waals surface area (Å²) in [6, 6.07) is 22.1. The van der Waals surface area contributed by atoms with Crippen LogP contribution in [-0.2, 0) is 0 Å². The lowest BCUT2D eigenvalue weighted by Gasteiger charge is -2.08. The summed E-state index contributed by atoms with van der Waals surface area (Å²) < 4.78 is 5.65. The number of hydrogen-bond donors (Lipinski definition) is 1. The van der Waals surface area contributed by atoms with Gasteiger partial charge < -0.3 is 10.1 Å². The van der Waals surface area contributed by atoms with E-state index in [0.29, 0.717) is 6.61 Å². The maximum Gasteiger partial charge on any atom is 0.126 e. The Bertz CT molecular complexity index is 698. The van der Waals surface area contributed by atoms with Crippen molar-refractivity contribution in [2.45, 2.75) is 6.42 Å². The number of benzene rings is 2. The van der Waals surface area contributed by atoms with Gasteiger partial charge in [0.2, 0.25) is 0 Å². The molecule has 3 nitrogen and oxygen atoms in total. The highest BCUT2D eigenvalue weighted by atomic mass is 16.5. The van der Waals surface area contributed by atoms with Crippen molar-refractivity contribution < 1.29 is 4.74 Å². The van der Waals surface area contributed by atoms with Crippen molar-refractivity contribution in [2.75, 3.05) is 18.5 Å². The number of ether oxygens (including phenoxy) is 1. The Labute approximate surface area is 124 Å². The lowest BCUT2D eigenvalue weighted by molar-refractivity contribution is 0.315. The Morgan fingerprint density at radius 3 is 2.57 bits per heavy atom. The average Bonchev–Trinajstić information content (AvgIpc) is 2.55. The van der Waals surface area contributed by atoms with E-state index in [4.69, 9.17) is 4.74 Å². The van der Waals surface area contributed by atoms with Crippen molar-refractivity contribution in [3.63, 3.8) is 0 Å². The maximum absolute atomic E-state index is 5.65. The van der Waals surface area contributed by atoms with Gasteiger partial charge in [-0.3, -0.25) is 0 Å². The van der Waals surface area contributed by atoms with Gasteiger partial charge in [-0.2, -0.15) is 0 Å². The Morgan fingerprint density at radius 2 is 1.67 bits per heavy atom. The average molecular weight is 278 g/mol. The van der Waals surface area contributed by atoms with Crippen LogP contribution in [-0.4, -0.2) is 18.1 Å². The van der Waals surface area contributed by atoms with Crippen molar-refractivity contribution in [3.05, 3.63) is 66.7 Å². The van der Waals surface area contributed by atoms with Gasteiger partial charge in [-0.25, -0.2) is 4.98 Å². The molecule has 0 amide bonds. The van der Waals surface area contributed by atoms with E-state index in [9.17, 15) is 0 Å². The van der Waals surface area contributed by atoms with Crippen LogP contribution in [0, 0.1) is 0 Å². The van der Waals surface area contributed by atoms with E-state index in [1.54, 1.807) is 0 Å². The second-order valence-corrected chi connectivity index (χ2v) is 4.83. The Balaban J connectivity index is 1.46. The Hall–Kier alpha value is -2.55. The second-order valence-electron chi connectivity index (χ2n) is 4.83. The SMILES string of the molecule is c1ccc(OCCCNc2ccc3ccccc3n2)cc1. The first-order chi connectivity index (χ1) is 10.4. The summed E-state index contributed by atoms with van der Waals surface area (Å²) in [6.45, 7) is 1.54. The fraction of sp³-hybridized carbons (Fsp3) is 0.167. The van der Waals surface area contributed by atoms with Crippen LogP contribution in [0.4, 0.5) is 5.82 Å². The molecule has 0 aliphatic rings. The van der Waals surface area contributed by atoms with Crippen LogP contribution < -0.4 is 10.1 Å². The molecule has 1 N–H and O–H groups in total. The minimum absolute atomic E-state index is 0.699. The van der Waals surface area contributed by atoms with E-state index in [1.165, 1.54) is 0 Å². The molecular weight excluding hydrogens is 260 g/mol. The van der Waals surface area contributed by atoms with Gasteiger partial charge in [-0.1, -0.05) is 36.4 Å². The molecule has 1 aromatic heterocycles. The predicted molar refractivity (Wildman–Crippen MR) is 86.8 cm³/mol. The van der Waals surface area contributed by atoms with Crippen molar-refractivity contribution in [3.8, 4) is 5.75 Å². The summed E-state index contributed by atoms with van der Waals surface area (Å²) in [4.78, 5) is 4.58. The molecule has 21 heavy (non-hydrogen) atoms. The molecular formula is C18H18N2O. The molecule has 0 aliphatic carbocycles. The molecule has 0 spiro atoms. The van der Waals surface area contributed by atoms with Crippen molar-refractivity contribution >= 4 is 16.7 Å². The molecule has 3 rings (SSSR count). The smallest absolute Gasteiger partial charge is 0.126 e. The monoisotopic (exact) mass is 278 g/mol. The number of nitrogens with zero attached hydrogens (tertiary/aromatic N) is 1. The van der Waals surface area contributed by atoms with Gasteiger partial charge in [0, 0.05) is 11.9 Å². The minimum atomic E-state index is 0.699. The number of nitrogens with one attached hydrogen (secondary N) is 1. The molecule has 2 aromatic carbocycles. The number of aromatic nitrogens is 1. The van der Waals surface area contributed by atoms with Crippen molar-refractivity contribution in [1.29, 1.82) is 0 Å². The van der Waals surface area contributed by atoms with Crippen molar-refractivity contribution in [2.24, 2.45) is 0 Å². The van der Waals surface area contributed by atoms with E-state index in [1.807, 2.05) is 54.6 Å². The van der Waals surface area contributed by atoms with E-state index < -0.39 is 0 Å². The first-order valence-corrected chi connectivity index (χ1v) is 7.19. The first kappa shape index (κ1) is 13.4. The molecule has 0 aliphatic heterocycles. The summed E-state index contributed by atoms with van der Waals surface area (Å²) in [5.74, 6) is 1.83. The Morgan fingerprint density at radius 1 is 0.857 bits per heavy atom. The third-order valence-corrected chi connectivity index (χ3v) is 3.24. The van der Waals surface area contributed by atoms with Crippen LogP contribution in [0.3, 0.4) is 0 Å². The van der Waals surface area contributed by atoms with E-state index in [2.05, 4.69) is 22.4 Å². The van der Waals surface area contributed by atoms with Crippen LogP contribution in [0.25, 0.3) is 10.9 Å². The maximum atomic E-state index is 5.65. The highest BCUT2D eigenvalue weighted by molar-refractivity contribution is 5.79. The molecule has 0 radical (unpaired) electrons. The normalized spacial score (nSPS) is 10.5. The molecule has 1 heterocycles. The zero-order valence-electron chi connectivity index (χ0n) is 11.8. The first-order valence-electron chi connectivity index (χ1n) is 7.19. The van der Waals surface area contributed by atoms with Gasteiger partial charge in [0.25, 0.3) is 0 Å². The number of fused-ring (bicyclic) bond motifs is 1. The summed E-state index contributed by atoms with van der Waals surface area (Å²) >= 11 is 0. The lowest BCUT2D eigenvalue weighted by Crippen LogP contribution is -2.08. The number of rotatable bonds is 6. The van der Waals surface area contributed by atoms with Crippen LogP contribution in [0.2, 0.25) is 0 Å². The topological polar surface area (TPSA) is 34.1 Å². The molecule has 0 atom stereocenters. The van der Waals surface area contributed by atoms with Gasteiger partial charge in [0.05, 0.1) is 12.1 Å². The zero-order chi connectivity index (χ0) is 14.3. The van der Waals surface area contributed by atoms with Crippen LogP contribution in [0.5, 0.6) is 5.75 Å². The fourth-order valence-corrected chi connectivity index (χ4v) is 2.16. The summed E-state index contributed by atoms with van der Waals surface area (Å²) in [6.07, 6.45) is 0.934. The molecule has 0 unspecified atom stereocenters. The number of hydrogen-bond acceptors (Lipinski definition) is 3. The molecule has 0 fully saturated rings. The third-order valence-electron chi connectivity index (χ3n) is 3.24. The van der Waals surface area contributed by atoms with Gasteiger partial charge in [0.15, 0.2) is 0 Å². The quantitative estimate of drug-likeness (QED) is 0.689. The molecule has 0 bridgehead atoms. The highest BCUT2D eigenvalue weighted by Gasteiger charge is 1.97. The second kappa shape index (κ2) is 6.75. The minimum Gasteiger partial charge on any atom is -0.494 e. The summed E-state index contributed by atoms with van der Waals surface area (Å²) in [7, 11) is 0. The van der Waals surface area contributed by atoms with Gasteiger partial charge in [0.1, 0.15) is 11.6 Å². The highest BCUT2D eigenvalue weighted by Crippen LogP contribution is 2.14. The van der Waals surface area contributed by atoms with Gasteiger partial charge in [-0.05, 0) is 36.8 Å². The number of anilines is 1. The lowest BCUT2D eigenvalue weighted by atomic mass is 10.2. The molecule has 0 saturated heterocycles.